The van der Waals surface area contributed by atoms with Gasteiger partial charge >= 0.3 is 6.18 Å². The minimum atomic E-state index is -4.62. The number of halogens is 3. The number of nitrogens with zero attached hydrogens (tertiary/aromatic N) is 3. The van der Waals surface area contributed by atoms with Gasteiger partial charge in [-0.1, -0.05) is 0 Å². The lowest BCUT2D eigenvalue weighted by atomic mass is 9.87. The highest BCUT2D eigenvalue weighted by Crippen LogP contribution is 2.41. The molecule has 1 aromatic heterocycles. The molecule has 0 saturated carbocycles. The molecule has 8 heteroatoms. The Morgan fingerprint density at radius 1 is 1.44 bits per heavy atom. The first-order chi connectivity index (χ1) is 7.18. The number of aromatic nitrogens is 3. The van der Waals surface area contributed by atoms with Crippen LogP contribution in [0.4, 0.5) is 13.2 Å². The Balaban J connectivity index is 2.95. The minimum absolute atomic E-state index is 0.815. The summed E-state index contributed by atoms with van der Waals surface area (Å²) in [5.74, 6) is -1.08. The fourth-order valence-corrected chi connectivity index (χ4v) is 1.37. The number of ketones is 1. The largest absolute Gasteiger partial charge is 0.400 e. The number of carbonyl (C=O) groups is 1. The molecule has 0 radical (unpaired) electrons. The number of hydrogen-bond donors (Lipinski definition) is 1. The number of Topliss-reactive ketones (excluding diaryl/α,β-unsaturated/α-hetero) is 1. The standard InChI is InChI=1S/C8H10F3N3OS/c1-7(2,8(9,10)11)5(15)6(16)14-4-12-3-13-14/h3-4,6,16H,1-2H3. The number of alkyl halides is 3. The van der Waals surface area contributed by atoms with Gasteiger partial charge in [-0.2, -0.15) is 18.3 Å². The summed E-state index contributed by atoms with van der Waals surface area (Å²) < 4.78 is 38.7. The van der Waals surface area contributed by atoms with Gasteiger partial charge in [-0.15, -0.1) is 12.6 Å². The van der Waals surface area contributed by atoms with E-state index < -0.39 is 22.7 Å². The smallest absolute Gasteiger partial charge is 0.295 e. The first-order valence-corrected chi connectivity index (χ1v) is 4.83. The predicted molar refractivity (Wildman–Crippen MR) is 52.9 cm³/mol. The molecule has 0 fully saturated rings. The van der Waals surface area contributed by atoms with Crippen LogP contribution in [0.25, 0.3) is 0 Å². The minimum Gasteiger partial charge on any atom is -0.295 e. The molecule has 1 heterocycles. The van der Waals surface area contributed by atoms with E-state index in [0.717, 1.165) is 31.2 Å². The molecule has 0 aromatic carbocycles. The molecule has 0 amide bonds. The van der Waals surface area contributed by atoms with Gasteiger partial charge in [-0.05, 0) is 13.8 Å². The lowest BCUT2D eigenvalue weighted by Crippen LogP contribution is -2.42. The maximum Gasteiger partial charge on any atom is 0.400 e. The Hall–Kier alpha value is -1.05. The number of thiol groups is 1. The zero-order valence-corrected chi connectivity index (χ0v) is 9.46. The van der Waals surface area contributed by atoms with Gasteiger partial charge in [0.1, 0.15) is 18.1 Å². The number of hydrogen-bond acceptors (Lipinski definition) is 4. The highest BCUT2D eigenvalue weighted by atomic mass is 32.1. The van der Waals surface area contributed by atoms with Crippen molar-refractivity contribution >= 4 is 18.4 Å². The van der Waals surface area contributed by atoms with Gasteiger partial charge in [0.25, 0.3) is 0 Å². The second kappa shape index (κ2) is 4.08. The Morgan fingerprint density at radius 3 is 2.38 bits per heavy atom. The maximum absolute atomic E-state index is 12.6. The van der Waals surface area contributed by atoms with Crippen molar-refractivity contribution < 1.29 is 18.0 Å². The van der Waals surface area contributed by atoms with Crippen molar-refractivity contribution in [2.24, 2.45) is 5.41 Å². The van der Waals surface area contributed by atoms with Crippen LogP contribution in [-0.2, 0) is 4.79 Å². The monoisotopic (exact) mass is 253 g/mol. The molecule has 90 valence electrons. The average Bonchev–Trinajstić information content (AvgIpc) is 2.66. The maximum atomic E-state index is 12.6. The zero-order valence-electron chi connectivity index (χ0n) is 8.56. The van der Waals surface area contributed by atoms with Crippen LogP contribution in [0.2, 0.25) is 0 Å². The second-order valence-corrected chi connectivity index (χ2v) is 4.23. The van der Waals surface area contributed by atoms with Crippen LogP contribution in [0, 0.1) is 5.41 Å². The molecule has 1 aromatic rings. The van der Waals surface area contributed by atoms with E-state index in [-0.39, 0.29) is 0 Å². The van der Waals surface area contributed by atoms with Gasteiger partial charge < -0.3 is 0 Å². The highest BCUT2D eigenvalue weighted by Gasteiger charge is 2.54. The number of carbonyl (C=O) groups excluding carboxylic acids is 1. The normalized spacial score (nSPS) is 14.9. The summed E-state index contributed by atoms with van der Waals surface area (Å²) in [6, 6.07) is 0. The quantitative estimate of drug-likeness (QED) is 0.836. The van der Waals surface area contributed by atoms with Crippen molar-refractivity contribution in [1.82, 2.24) is 14.8 Å². The van der Waals surface area contributed by atoms with E-state index in [1.807, 2.05) is 0 Å². The van der Waals surface area contributed by atoms with E-state index >= 15 is 0 Å². The van der Waals surface area contributed by atoms with E-state index in [2.05, 4.69) is 22.7 Å². The fraction of sp³-hybridized carbons (Fsp3) is 0.625. The Labute approximate surface area is 95.3 Å². The van der Waals surface area contributed by atoms with E-state index in [4.69, 9.17) is 0 Å². The molecule has 0 aliphatic heterocycles. The van der Waals surface area contributed by atoms with Crippen molar-refractivity contribution in [2.45, 2.75) is 25.4 Å². The van der Waals surface area contributed by atoms with Crippen molar-refractivity contribution in [1.29, 1.82) is 0 Å². The van der Waals surface area contributed by atoms with Crippen LogP contribution in [0.3, 0.4) is 0 Å². The molecule has 0 aliphatic carbocycles. The van der Waals surface area contributed by atoms with Crippen molar-refractivity contribution in [2.75, 3.05) is 0 Å². The SMILES string of the molecule is CC(C)(C(=O)C(S)n1cncn1)C(F)(F)F. The van der Waals surface area contributed by atoms with E-state index in [9.17, 15) is 18.0 Å². The van der Waals surface area contributed by atoms with Crippen LogP contribution >= 0.6 is 12.6 Å². The van der Waals surface area contributed by atoms with E-state index in [0.29, 0.717) is 0 Å². The molecule has 1 rings (SSSR count). The lowest BCUT2D eigenvalue weighted by molar-refractivity contribution is -0.210. The molecule has 0 N–H and O–H groups in total. The first-order valence-electron chi connectivity index (χ1n) is 4.31. The van der Waals surface area contributed by atoms with Gasteiger partial charge in [0.2, 0.25) is 0 Å². The van der Waals surface area contributed by atoms with Crippen LogP contribution < -0.4 is 0 Å². The summed E-state index contributed by atoms with van der Waals surface area (Å²) in [4.78, 5) is 15.2. The third-order valence-corrected chi connectivity index (χ3v) is 2.72. The van der Waals surface area contributed by atoms with Gasteiger partial charge in [0.05, 0.1) is 0 Å². The van der Waals surface area contributed by atoms with Crippen LogP contribution in [0.15, 0.2) is 12.7 Å². The molecule has 1 atom stereocenters. The Morgan fingerprint density at radius 2 is 2.00 bits per heavy atom. The summed E-state index contributed by atoms with van der Waals surface area (Å²) in [6.45, 7) is 1.63. The summed E-state index contributed by atoms with van der Waals surface area (Å²) >= 11 is 3.82. The van der Waals surface area contributed by atoms with Crippen molar-refractivity contribution in [3.8, 4) is 0 Å². The zero-order chi connectivity index (χ0) is 12.6. The molecular weight excluding hydrogens is 243 g/mol. The topological polar surface area (TPSA) is 47.8 Å². The van der Waals surface area contributed by atoms with Crippen molar-refractivity contribution in [3.63, 3.8) is 0 Å². The summed E-state index contributed by atoms with van der Waals surface area (Å²) in [6.07, 6.45) is -2.36. The summed E-state index contributed by atoms with van der Waals surface area (Å²) in [7, 11) is 0. The second-order valence-electron chi connectivity index (χ2n) is 3.74. The molecule has 16 heavy (non-hydrogen) atoms. The Bertz CT molecular complexity index is 374. The van der Waals surface area contributed by atoms with Crippen LogP contribution in [0.1, 0.15) is 19.2 Å². The molecule has 0 aliphatic rings. The van der Waals surface area contributed by atoms with Gasteiger partial charge in [0, 0.05) is 0 Å². The fourth-order valence-electron chi connectivity index (χ4n) is 0.926. The molecule has 0 spiro atoms. The predicted octanol–water partition coefficient (Wildman–Crippen LogP) is 1.86. The van der Waals surface area contributed by atoms with Gasteiger partial charge in [-0.3, -0.25) is 4.79 Å². The van der Waals surface area contributed by atoms with Crippen LogP contribution in [-0.4, -0.2) is 26.7 Å². The molecule has 0 bridgehead atoms. The molecule has 0 saturated heterocycles. The lowest BCUT2D eigenvalue weighted by Gasteiger charge is -2.28. The summed E-state index contributed by atoms with van der Waals surface area (Å²) in [5, 5.41) is 2.28. The summed E-state index contributed by atoms with van der Waals surface area (Å²) in [5.41, 5.74) is -2.47. The molecule has 1 unspecified atom stereocenters. The highest BCUT2D eigenvalue weighted by molar-refractivity contribution is 7.81. The third-order valence-electron chi connectivity index (χ3n) is 2.25. The first kappa shape index (κ1) is 13.0. The number of rotatable bonds is 3. The average molecular weight is 253 g/mol. The van der Waals surface area contributed by atoms with E-state index in [1.165, 1.54) is 0 Å². The third kappa shape index (κ3) is 2.21. The van der Waals surface area contributed by atoms with Crippen molar-refractivity contribution in [3.05, 3.63) is 12.7 Å². The van der Waals surface area contributed by atoms with Gasteiger partial charge in [-0.25, -0.2) is 9.67 Å². The van der Waals surface area contributed by atoms with Gasteiger partial charge in [0.15, 0.2) is 11.2 Å². The molecular formula is C8H10F3N3OS. The Kier molecular flexibility index (Phi) is 3.32. The van der Waals surface area contributed by atoms with E-state index in [1.54, 1.807) is 0 Å². The van der Waals surface area contributed by atoms with Crippen LogP contribution in [0.5, 0.6) is 0 Å². The molecule has 4 nitrogen and oxygen atoms in total.